The molecule has 2 heterocycles. The summed E-state index contributed by atoms with van der Waals surface area (Å²) in [6, 6.07) is 0. The zero-order valence-corrected chi connectivity index (χ0v) is 13.7. The van der Waals surface area contributed by atoms with Crippen LogP contribution in [0, 0.1) is 12.3 Å². The standard InChI is InChI=1S/C17H23NO4/c1-10-13(14-11(19)6-5-7-12(14)22-10)15(20)18-8-16(2,3)17(4,21)9-18/h21H,5-9H2,1-4H3. The molecule has 0 saturated carbocycles. The fourth-order valence-corrected chi connectivity index (χ4v) is 3.46. The van der Waals surface area contributed by atoms with Crippen molar-refractivity contribution in [1.29, 1.82) is 0 Å². The Labute approximate surface area is 130 Å². The van der Waals surface area contributed by atoms with Gasteiger partial charge in [-0.3, -0.25) is 9.59 Å². The maximum Gasteiger partial charge on any atom is 0.258 e. The summed E-state index contributed by atoms with van der Waals surface area (Å²) < 4.78 is 5.66. The summed E-state index contributed by atoms with van der Waals surface area (Å²) in [6.07, 6.45) is 1.95. The minimum atomic E-state index is -0.940. The van der Waals surface area contributed by atoms with E-state index in [0.29, 0.717) is 42.0 Å². The highest BCUT2D eigenvalue weighted by Gasteiger charge is 2.50. The van der Waals surface area contributed by atoms with Crippen molar-refractivity contribution >= 4 is 11.7 Å². The molecule has 5 heteroatoms. The van der Waals surface area contributed by atoms with Gasteiger partial charge in [-0.15, -0.1) is 0 Å². The van der Waals surface area contributed by atoms with Crippen LogP contribution in [-0.2, 0) is 6.42 Å². The highest BCUT2D eigenvalue weighted by molar-refractivity contribution is 6.10. The molecule has 0 aromatic carbocycles. The van der Waals surface area contributed by atoms with Crippen LogP contribution < -0.4 is 0 Å². The van der Waals surface area contributed by atoms with Gasteiger partial charge in [0.25, 0.3) is 5.91 Å². The first-order valence-electron chi connectivity index (χ1n) is 7.81. The number of Topliss-reactive ketones (excluding diaryl/α,β-unsaturated/α-hetero) is 1. The second-order valence-electron chi connectivity index (χ2n) is 7.43. The third-order valence-electron chi connectivity index (χ3n) is 5.29. The molecule has 0 radical (unpaired) electrons. The molecule has 22 heavy (non-hydrogen) atoms. The SMILES string of the molecule is Cc1oc2c(c1C(=O)N1CC(C)(C)C(C)(O)C1)C(=O)CCC2. The lowest BCUT2D eigenvalue weighted by atomic mass is 9.79. The Morgan fingerprint density at radius 1 is 1.23 bits per heavy atom. The molecule has 1 aliphatic carbocycles. The van der Waals surface area contributed by atoms with Crippen LogP contribution in [0.1, 0.15) is 65.8 Å². The van der Waals surface area contributed by atoms with Gasteiger partial charge in [0.15, 0.2) is 5.78 Å². The molecule has 5 nitrogen and oxygen atoms in total. The van der Waals surface area contributed by atoms with Crippen molar-refractivity contribution in [3.05, 3.63) is 22.6 Å². The molecule has 2 aliphatic rings. The Morgan fingerprint density at radius 2 is 1.91 bits per heavy atom. The normalized spacial score (nSPS) is 27.1. The van der Waals surface area contributed by atoms with Gasteiger partial charge in [-0.25, -0.2) is 0 Å². The van der Waals surface area contributed by atoms with Gasteiger partial charge in [0.1, 0.15) is 11.5 Å². The van der Waals surface area contributed by atoms with E-state index in [1.807, 2.05) is 13.8 Å². The summed E-state index contributed by atoms with van der Waals surface area (Å²) in [5.41, 5.74) is -0.458. The molecule has 1 atom stereocenters. The Kier molecular flexibility index (Phi) is 3.25. The van der Waals surface area contributed by atoms with E-state index in [1.165, 1.54) is 0 Å². The molecule has 1 saturated heterocycles. The average molecular weight is 305 g/mol. The number of aliphatic hydroxyl groups is 1. The third kappa shape index (κ3) is 2.10. The number of fused-ring (bicyclic) bond motifs is 1. The molecule has 1 aromatic rings. The predicted octanol–water partition coefficient (Wildman–Crippen LogP) is 2.34. The monoisotopic (exact) mass is 305 g/mol. The number of hydrogen-bond donors (Lipinski definition) is 1. The van der Waals surface area contributed by atoms with Crippen LogP contribution in [0.3, 0.4) is 0 Å². The fraction of sp³-hybridized carbons (Fsp3) is 0.647. The highest BCUT2D eigenvalue weighted by Crippen LogP contribution is 2.40. The quantitative estimate of drug-likeness (QED) is 0.864. The van der Waals surface area contributed by atoms with Crippen LogP contribution in [0.4, 0.5) is 0 Å². The Morgan fingerprint density at radius 3 is 2.50 bits per heavy atom. The number of furan rings is 1. The molecular formula is C17H23NO4. The van der Waals surface area contributed by atoms with Gasteiger partial charge in [-0.1, -0.05) is 13.8 Å². The summed E-state index contributed by atoms with van der Waals surface area (Å²) >= 11 is 0. The smallest absolute Gasteiger partial charge is 0.258 e. The number of β-amino-alcohol motifs (C(OH)–C–C–N with tert-alkyl or cyclic N) is 1. The number of carbonyl (C=O) groups is 2. The number of likely N-dealkylation sites (tertiary alicyclic amines) is 1. The molecule has 1 fully saturated rings. The maximum absolute atomic E-state index is 12.9. The van der Waals surface area contributed by atoms with Crippen molar-refractivity contribution in [2.24, 2.45) is 5.41 Å². The zero-order valence-electron chi connectivity index (χ0n) is 13.7. The van der Waals surface area contributed by atoms with Crippen LogP contribution in [0.2, 0.25) is 0 Å². The van der Waals surface area contributed by atoms with E-state index in [4.69, 9.17) is 4.42 Å². The number of rotatable bonds is 1. The largest absolute Gasteiger partial charge is 0.465 e. The van der Waals surface area contributed by atoms with E-state index in [1.54, 1.807) is 18.7 Å². The fourth-order valence-electron chi connectivity index (χ4n) is 3.46. The average Bonchev–Trinajstić information content (AvgIpc) is 2.83. The van der Waals surface area contributed by atoms with E-state index >= 15 is 0 Å². The highest BCUT2D eigenvalue weighted by atomic mass is 16.3. The van der Waals surface area contributed by atoms with Crippen LogP contribution in [0.5, 0.6) is 0 Å². The Hall–Kier alpha value is -1.62. The Balaban J connectivity index is 1.98. The van der Waals surface area contributed by atoms with Crippen molar-refractivity contribution in [3.63, 3.8) is 0 Å². The molecular weight excluding hydrogens is 282 g/mol. The minimum absolute atomic E-state index is 0.00772. The van der Waals surface area contributed by atoms with Crippen molar-refractivity contribution in [1.82, 2.24) is 4.90 Å². The predicted molar refractivity (Wildman–Crippen MR) is 81.0 cm³/mol. The molecule has 1 unspecified atom stereocenters. The van der Waals surface area contributed by atoms with Gasteiger partial charge in [0, 0.05) is 24.8 Å². The number of hydrogen-bond acceptors (Lipinski definition) is 4. The summed E-state index contributed by atoms with van der Waals surface area (Å²) in [5, 5.41) is 10.5. The molecule has 120 valence electrons. The van der Waals surface area contributed by atoms with Crippen LogP contribution in [0.25, 0.3) is 0 Å². The summed E-state index contributed by atoms with van der Waals surface area (Å²) in [5.74, 6) is 0.937. The lowest BCUT2D eigenvalue weighted by molar-refractivity contribution is -0.0108. The summed E-state index contributed by atoms with van der Waals surface area (Å²) in [4.78, 5) is 26.8. The molecule has 1 amide bonds. The van der Waals surface area contributed by atoms with Crippen molar-refractivity contribution in [2.75, 3.05) is 13.1 Å². The topological polar surface area (TPSA) is 70.8 Å². The van der Waals surface area contributed by atoms with Crippen molar-refractivity contribution in [2.45, 2.75) is 52.6 Å². The molecule has 1 N–H and O–H groups in total. The number of amides is 1. The number of carbonyl (C=O) groups excluding carboxylic acids is 2. The first kappa shape index (κ1) is 15.3. The molecule has 0 bridgehead atoms. The van der Waals surface area contributed by atoms with Gasteiger partial charge < -0.3 is 14.4 Å². The van der Waals surface area contributed by atoms with Gasteiger partial charge in [-0.2, -0.15) is 0 Å². The van der Waals surface area contributed by atoms with Crippen molar-refractivity contribution < 1.29 is 19.1 Å². The van der Waals surface area contributed by atoms with Gasteiger partial charge in [0.05, 0.1) is 23.3 Å². The number of aryl methyl sites for hydroxylation is 2. The van der Waals surface area contributed by atoms with Crippen LogP contribution in [-0.4, -0.2) is 40.4 Å². The summed E-state index contributed by atoms with van der Waals surface area (Å²) in [6.45, 7) is 8.12. The zero-order chi connectivity index (χ0) is 16.3. The second kappa shape index (κ2) is 4.69. The molecule has 1 aliphatic heterocycles. The van der Waals surface area contributed by atoms with E-state index < -0.39 is 5.60 Å². The van der Waals surface area contributed by atoms with Crippen LogP contribution in [0.15, 0.2) is 4.42 Å². The lowest BCUT2D eigenvalue weighted by Gasteiger charge is -2.30. The van der Waals surface area contributed by atoms with Gasteiger partial charge in [-0.05, 0) is 20.3 Å². The lowest BCUT2D eigenvalue weighted by Crippen LogP contribution is -2.40. The van der Waals surface area contributed by atoms with E-state index in [9.17, 15) is 14.7 Å². The Bertz CT molecular complexity index is 638. The molecule has 0 spiro atoms. The maximum atomic E-state index is 12.9. The van der Waals surface area contributed by atoms with Gasteiger partial charge >= 0.3 is 0 Å². The van der Waals surface area contributed by atoms with Crippen molar-refractivity contribution in [3.8, 4) is 0 Å². The van der Waals surface area contributed by atoms with E-state index in [0.717, 1.165) is 6.42 Å². The number of ketones is 1. The first-order valence-corrected chi connectivity index (χ1v) is 7.81. The van der Waals surface area contributed by atoms with E-state index in [-0.39, 0.29) is 23.7 Å². The molecule has 1 aromatic heterocycles. The second-order valence-corrected chi connectivity index (χ2v) is 7.43. The summed E-state index contributed by atoms with van der Waals surface area (Å²) in [7, 11) is 0. The van der Waals surface area contributed by atoms with E-state index in [2.05, 4.69) is 0 Å². The third-order valence-corrected chi connectivity index (χ3v) is 5.29. The van der Waals surface area contributed by atoms with Gasteiger partial charge in [0.2, 0.25) is 0 Å². The number of nitrogens with zero attached hydrogens (tertiary/aromatic N) is 1. The first-order chi connectivity index (χ1) is 10.1. The minimum Gasteiger partial charge on any atom is -0.465 e. The van der Waals surface area contributed by atoms with Crippen LogP contribution >= 0.6 is 0 Å². The molecule has 3 rings (SSSR count).